The number of aliphatic hydroxyl groups excluding tert-OH is 2. The average molecular weight is 479 g/mol. The van der Waals surface area contributed by atoms with Gasteiger partial charge in [0.1, 0.15) is 22.8 Å². The molecule has 0 aromatic heterocycles. The van der Waals surface area contributed by atoms with Crippen molar-refractivity contribution in [2.24, 2.45) is 17.6 Å². The highest BCUT2D eigenvalue weighted by molar-refractivity contribution is 6.32. The van der Waals surface area contributed by atoms with Crippen molar-refractivity contribution in [2.45, 2.75) is 30.6 Å². The third kappa shape index (κ3) is 2.75. The molecule has 0 radical (unpaired) electrons. The van der Waals surface area contributed by atoms with Crippen molar-refractivity contribution in [3.05, 3.63) is 45.2 Å². The molecule has 1 saturated carbocycles. The Balaban J connectivity index is 2.07. The lowest BCUT2D eigenvalue weighted by molar-refractivity contribution is -0.159. The molecular formula is C22H23ClN2O8. The van der Waals surface area contributed by atoms with Crippen LogP contribution < -0.4 is 5.73 Å². The number of likely N-dealkylation sites (N-methyl/N-ethyl adjacent to an activating group) is 1. The quantitative estimate of drug-likeness (QED) is 0.325. The van der Waals surface area contributed by atoms with Gasteiger partial charge in [0.15, 0.2) is 11.4 Å². The number of carbonyl (C=O) groups excluding carboxylic acids is 3. The third-order valence-corrected chi connectivity index (χ3v) is 7.39. The largest absolute Gasteiger partial charge is 0.508 e. The highest BCUT2D eigenvalue weighted by atomic mass is 35.5. The number of nitrogens with zero attached hydrogens (tertiary/aromatic N) is 1. The Labute approximate surface area is 193 Å². The lowest BCUT2D eigenvalue weighted by Crippen LogP contribution is -2.67. The van der Waals surface area contributed by atoms with Crippen LogP contribution in [0.1, 0.15) is 24.5 Å². The van der Waals surface area contributed by atoms with Gasteiger partial charge in [-0.2, -0.15) is 0 Å². The average Bonchev–Trinajstić information content (AvgIpc) is 2.69. The van der Waals surface area contributed by atoms with E-state index in [0.29, 0.717) is 0 Å². The van der Waals surface area contributed by atoms with Crippen molar-refractivity contribution >= 4 is 34.8 Å². The molecule has 1 fully saturated rings. The molecule has 0 aliphatic heterocycles. The molecular weight excluding hydrogens is 456 g/mol. The number of amides is 1. The molecule has 4 rings (SSSR count). The Bertz CT molecular complexity index is 1200. The highest BCUT2D eigenvalue weighted by Crippen LogP contribution is 2.58. The smallest absolute Gasteiger partial charge is 0.255 e. The fourth-order valence-corrected chi connectivity index (χ4v) is 5.93. The van der Waals surface area contributed by atoms with E-state index in [1.165, 1.54) is 38.1 Å². The maximum atomic E-state index is 13.7. The van der Waals surface area contributed by atoms with Gasteiger partial charge in [0.05, 0.1) is 17.2 Å². The molecule has 3 aliphatic carbocycles. The first-order valence-electron chi connectivity index (χ1n) is 10.1. The van der Waals surface area contributed by atoms with Gasteiger partial charge in [-0.25, -0.2) is 0 Å². The number of carbonyl (C=O) groups is 3. The molecule has 0 heterocycles. The number of benzene rings is 1. The number of phenolic OH excluding ortho intramolecular Hbond substituents is 1. The summed E-state index contributed by atoms with van der Waals surface area (Å²) >= 11 is 6.28. The Morgan fingerprint density at radius 1 is 1.18 bits per heavy atom. The molecule has 176 valence electrons. The van der Waals surface area contributed by atoms with Gasteiger partial charge in [0, 0.05) is 28.0 Å². The standard InChI is InChI=1S/C22H23ClN2O8/c1-21(32)7-6-8-15(25(2)3)17(28)13(20(24)31)19(30)22(8,33)18(29)11(7)16(27)12-10(26)5-4-9(23)14(12)21/h4-5,7-8,15,26-27,30,32-33H,6H2,1-3H3,(H2,24,31)/t7?,8-,15+,21-,22+/m0/s1. The number of aliphatic hydroxyl groups is 4. The van der Waals surface area contributed by atoms with Crippen LogP contribution in [0.25, 0.3) is 5.76 Å². The second-order valence-electron chi connectivity index (χ2n) is 9.08. The van der Waals surface area contributed by atoms with Gasteiger partial charge in [0.25, 0.3) is 5.91 Å². The van der Waals surface area contributed by atoms with E-state index in [9.17, 15) is 39.9 Å². The van der Waals surface area contributed by atoms with Gasteiger partial charge in [0.2, 0.25) is 5.78 Å². The number of rotatable bonds is 2. The first-order chi connectivity index (χ1) is 15.2. The maximum Gasteiger partial charge on any atom is 0.255 e. The number of hydrogen-bond acceptors (Lipinski definition) is 9. The van der Waals surface area contributed by atoms with Crippen molar-refractivity contribution in [2.75, 3.05) is 14.1 Å². The summed E-state index contributed by atoms with van der Waals surface area (Å²) in [6, 6.07) is 1.24. The van der Waals surface area contributed by atoms with E-state index in [0.717, 1.165) is 0 Å². The Morgan fingerprint density at radius 3 is 2.33 bits per heavy atom. The van der Waals surface area contributed by atoms with Crippen LogP contribution >= 0.6 is 11.6 Å². The van der Waals surface area contributed by atoms with E-state index in [1.54, 1.807) is 0 Å². The molecule has 1 amide bonds. The topological polar surface area (TPSA) is 182 Å². The Kier molecular flexibility index (Phi) is 4.96. The summed E-state index contributed by atoms with van der Waals surface area (Å²) in [6.45, 7) is 1.34. The molecule has 33 heavy (non-hydrogen) atoms. The van der Waals surface area contributed by atoms with Crippen LogP contribution in [0.2, 0.25) is 5.02 Å². The molecule has 0 spiro atoms. The Morgan fingerprint density at radius 2 is 1.79 bits per heavy atom. The predicted octanol–water partition coefficient (Wildman–Crippen LogP) is 0.282. The number of aromatic hydroxyl groups is 1. The van der Waals surface area contributed by atoms with E-state index < -0.39 is 75.0 Å². The van der Waals surface area contributed by atoms with Crippen LogP contribution in [0.15, 0.2) is 29.0 Å². The lowest BCUT2D eigenvalue weighted by atomic mass is 9.54. The summed E-state index contributed by atoms with van der Waals surface area (Å²) in [5, 5.41) is 55.2. The lowest BCUT2D eigenvalue weighted by Gasteiger charge is -2.53. The van der Waals surface area contributed by atoms with Crippen LogP contribution in [-0.4, -0.2) is 73.6 Å². The van der Waals surface area contributed by atoms with Crippen molar-refractivity contribution in [1.82, 2.24) is 4.90 Å². The normalized spacial score (nSPS) is 33.7. The zero-order valence-corrected chi connectivity index (χ0v) is 18.7. The fraction of sp³-hybridized carbons (Fsp3) is 0.409. The SMILES string of the molecule is CN(C)[C@H]1C(=O)C(C(N)=O)=C(O)[C@]2(O)C(=O)C3=C(O)c4c(O)ccc(Cl)c4[C@@](C)(O)C3C[C@@H]12. The van der Waals surface area contributed by atoms with Gasteiger partial charge in [-0.1, -0.05) is 11.6 Å². The van der Waals surface area contributed by atoms with Crippen molar-refractivity contribution < 1.29 is 39.9 Å². The maximum absolute atomic E-state index is 13.7. The summed E-state index contributed by atoms with van der Waals surface area (Å²) in [7, 11) is 2.97. The van der Waals surface area contributed by atoms with Gasteiger partial charge >= 0.3 is 0 Å². The Hall–Kier alpha value is -2.92. The van der Waals surface area contributed by atoms with E-state index in [-0.39, 0.29) is 22.6 Å². The summed E-state index contributed by atoms with van der Waals surface area (Å²) in [6.07, 6.45) is -0.259. The summed E-state index contributed by atoms with van der Waals surface area (Å²) in [5.41, 5.74) is -1.10. The number of ketones is 2. The third-order valence-electron chi connectivity index (χ3n) is 7.07. The predicted molar refractivity (Wildman–Crippen MR) is 115 cm³/mol. The van der Waals surface area contributed by atoms with Crippen LogP contribution in [0, 0.1) is 11.8 Å². The number of phenols is 1. The van der Waals surface area contributed by atoms with Gasteiger partial charge in [-0.3, -0.25) is 19.3 Å². The minimum absolute atomic E-state index is 0.0187. The molecule has 1 aromatic carbocycles. The second kappa shape index (κ2) is 7.04. The van der Waals surface area contributed by atoms with Crippen molar-refractivity contribution in [3.8, 4) is 5.75 Å². The summed E-state index contributed by atoms with van der Waals surface area (Å²) in [5.74, 6) is -8.30. The number of fused-ring (bicyclic) bond motifs is 3. The van der Waals surface area contributed by atoms with E-state index >= 15 is 0 Å². The molecule has 1 unspecified atom stereocenters. The van der Waals surface area contributed by atoms with Crippen LogP contribution in [0.3, 0.4) is 0 Å². The molecule has 7 N–H and O–H groups in total. The van der Waals surface area contributed by atoms with Crippen molar-refractivity contribution in [3.63, 3.8) is 0 Å². The number of primary amides is 1. The van der Waals surface area contributed by atoms with Gasteiger partial charge < -0.3 is 31.3 Å². The number of hydrogen-bond donors (Lipinski definition) is 6. The van der Waals surface area contributed by atoms with Crippen LogP contribution in [-0.2, 0) is 20.0 Å². The zero-order chi connectivity index (χ0) is 24.8. The minimum Gasteiger partial charge on any atom is -0.508 e. The molecule has 3 aliphatic rings. The van der Waals surface area contributed by atoms with E-state index in [4.69, 9.17) is 17.3 Å². The van der Waals surface area contributed by atoms with Crippen LogP contribution in [0.4, 0.5) is 0 Å². The number of halogens is 1. The molecule has 11 heteroatoms. The number of Topliss-reactive ketones (excluding diaryl/α,β-unsaturated/α-hetero) is 2. The van der Waals surface area contributed by atoms with E-state index in [2.05, 4.69) is 0 Å². The monoisotopic (exact) mass is 478 g/mol. The van der Waals surface area contributed by atoms with Gasteiger partial charge in [-0.15, -0.1) is 0 Å². The van der Waals surface area contributed by atoms with Crippen molar-refractivity contribution in [1.29, 1.82) is 0 Å². The minimum atomic E-state index is -2.78. The molecule has 1 aromatic rings. The first-order valence-corrected chi connectivity index (χ1v) is 10.5. The molecule has 0 bridgehead atoms. The van der Waals surface area contributed by atoms with E-state index in [1.807, 2.05) is 0 Å². The first kappa shape index (κ1) is 23.2. The summed E-state index contributed by atoms with van der Waals surface area (Å²) < 4.78 is 0. The van der Waals surface area contributed by atoms with Crippen LogP contribution in [0.5, 0.6) is 5.75 Å². The fourth-order valence-electron chi connectivity index (χ4n) is 5.58. The molecule has 10 nitrogen and oxygen atoms in total. The highest BCUT2D eigenvalue weighted by Gasteiger charge is 2.66. The molecule has 0 saturated heterocycles. The second-order valence-corrected chi connectivity index (χ2v) is 9.48. The molecule has 5 atom stereocenters. The van der Waals surface area contributed by atoms with Gasteiger partial charge in [-0.05, 0) is 39.6 Å². The number of nitrogens with two attached hydrogens (primary N) is 1. The zero-order valence-electron chi connectivity index (χ0n) is 18.0. The summed E-state index contributed by atoms with van der Waals surface area (Å²) in [4.78, 5) is 40.1.